The molecule has 0 saturated heterocycles. The summed E-state index contributed by atoms with van der Waals surface area (Å²) < 4.78 is 14.6. The maximum Gasteiger partial charge on any atom is 0.346 e. The van der Waals surface area contributed by atoms with Gasteiger partial charge in [-0.2, -0.15) is 0 Å². The van der Waals surface area contributed by atoms with E-state index in [0.717, 1.165) is 5.56 Å². The van der Waals surface area contributed by atoms with Gasteiger partial charge in [0.15, 0.2) is 6.10 Å². The monoisotopic (exact) mass is 252 g/mol. The van der Waals surface area contributed by atoms with Crippen molar-refractivity contribution >= 4 is 11.9 Å². The Balaban J connectivity index is 3.01. The normalized spacial score (nSPS) is 11.6. The molecule has 0 aliphatic heterocycles. The van der Waals surface area contributed by atoms with Crippen molar-refractivity contribution in [3.8, 4) is 5.75 Å². The second kappa shape index (κ2) is 6.05. The summed E-state index contributed by atoms with van der Waals surface area (Å²) in [5.74, 6) is -0.720. The second-order valence-electron chi connectivity index (χ2n) is 3.77. The number of ether oxygens (including phenoxy) is 3. The fraction of sp³-hybridized carbons (Fsp3) is 0.385. The molecule has 1 unspecified atom stereocenters. The van der Waals surface area contributed by atoms with E-state index in [4.69, 9.17) is 4.74 Å². The quantitative estimate of drug-likeness (QED) is 0.763. The van der Waals surface area contributed by atoms with Crippen LogP contribution in [0.3, 0.4) is 0 Å². The van der Waals surface area contributed by atoms with Crippen molar-refractivity contribution < 1.29 is 23.8 Å². The molecule has 5 nitrogen and oxygen atoms in total. The lowest BCUT2D eigenvalue weighted by molar-refractivity contribution is -0.147. The molecular formula is C13H16O5. The van der Waals surface area contributed by atoms with Crippen molar-refractivity contribution in [2.24, 2.45) is 0 Å². The van der Waals surface area contributed by atoms with Crippen molar-refractivity contribution in [2.45, 2.75) is 20.0 Å². The Kier molecular flexibility index (Phi) is 4.71. The van der Waals surface area contributed by atoms with E-state index >= 15 is 0 Å². The van der Waals surface area contributed by atoms with Gasteiger partial charge in [0.25, 0.3) is 0 Å². The van der Waals surface area contributed by atoms with Gasteiger partial charge in [0.2, 0.25) is 0 Å². The van der Waals surface area contributed by atoms with Crippen LogP contribution in [0.1, 0.15) is 22.8 Å². The van der Waals surface area contributed by atoms with Crippen LogP contribution in [0.5, 0.6) is 5.75 Å². The maximum absolute atomic E-state index is 11.6. The minimum Gasteiger partial charge on any atom is -0.478 e. The minimum absolute atomic E-state index is 0.285. The molecular weight excluding hydrogens is 236 g/mol. The molecule has 1 rings (SSSR count). The molecule has 0 aliphatic rings. The van der Waals surface area contributed by atoms with E-state index in [9.17, 15) is 9.59 Å². The van der Waals surface area contributed by atoms with Crippen LogP contribution in [0.4, 0.5) is 0 Å². The number of hydrogen-bond donors (Lipinski definition) is 0. The number of benzene rings is 1. The Morgan fingerprint density at radius 3 is 2.39 bits per heavy atom. The fourth-order valence-electron chi connectivity index (χ4n) is 1.42. The zero-order valence-corrected chi connectivity index (χ0v) is 10.9. The number of aryl methyl sites for hydroxylation is 1. The van der Waals surface area contributed by atoms with Crippen LogP contribution in [-0.4, -0.2) is 32.3 Å². The van der Waals surface area contributed by atoms with Gasteiger partial charge in [-0.3, -0.25) is 0 Å². The number of hydrogen-bond acceptors (Lipinski definition) is 5. The van der Waals surface area contributed by atoms with Crippen molar-refractivity contribution in [3.05, 3.63) is 29.3 Å². The topological polar surface area (TPSA) is 61.8 Å². The van der Waals surface area contributed by atoms with Crippen molar-refractivity contribution in [3.63, 3.8) is 0 Å². The van der Waals surface area contributed by atoms with E-state index in [0.29, 0.717) is 5.75 Å². The van der Waals surface area contributed by atoms with Gasteiger partial charge in [0, 0.05) is 0 Å². The molecule has 0 aliphatic carbocycles. The SMILES string of the molecule is COC(=O)c1cc(C)ccc1OC(C)C(=O)OC. The molecule has 0 aromatic heterocycles. The first-order valence-corrected chi connectivity index (χ1v) is 5.43. The van der Waals surface area contributed by atoms with E-state index in [2.05, 4.69) is 9.47 Å². The first-order valence-electron chi connectivity index (χ1n) is 5.43. The van der Waals surface area contributed by atoms with Gasteiger partial charge in [-0.05, 0) is 26.0 Å². The first-order chi connectivity index (χ1) is 8.49. The molecule has 0 bridgehead atoms. The molecule has 0 heterocycles. The molecule has 0 radical (unpaired) electrons. The Labute approximate surface area is 106 Å². The van der Waals surface area contributed by atoms with Crippen molar-refractivity contribution in [1.82, 2.24) is 0 Å². The zero-order valence-electron chi connectivity index (χ0n) is 10.9. The Morgan fingerprint density at radius 2 is 1.83 bits per heavy atom. The highest BCUT2D eigenvalue weighted by Gasteiger charge is 2.19. The molecule has 0 N–H and O–H groups in total. The van der Waals surface area contributed by atoms with Crippen LogP contribution in [0.15, 0.2) is 18.2 Å². The summed E-state index contributed by atoms with van der Waals surface area (Å²) in [6, 6.07) is 5.05. The van der Waals surface area contributed by atoms with Gasteiger partial charge < -0.3 is 14.2 Å². The van der Waals surface area contributed by atoms with Crippen molar-refractivity contribution in [1.29, 1.82) is 0 Å². The van der Waals surface area contributed by atoms with E-state index < -0.39 is 18.0 Å². The largest absolute Gasteiger partial charge is 0.478 e. The number of carbonyl (C=O) groups is 2. The predicted molar refractivity (Wildman–Crippen MR) is 64.6 cm³/mol. The number of methoxy groups -OCH3 is 2. The summed E-state index contributed by atoms with van der Waals surface area (Å²) in [5.41, 5.74) is 1.18. The lowest BCUT2D eigenvalue weighted by atomic mass is 10.1. The summed E-state index contributed by atoms with van der Waals surface area (Å²) in [5, 5.41) is 0. The zero-order chi connectivity index (χ0) is 13.7. The Hall–Kier alpha value is -2.04. The van der Waals surface area contributed by atoms with Crippen LogP contribution in [-0.2, 0) is 14.3 Å². The number of rotatable bonds is 4. The molecule has 0 fully saturated rings. The van der Waals surface area contributed by atoms with Crippen LogP contribution in [0.25, 0.3) is 0 Å². The van der Waals surface area contributed by atoms with E-state index in [1.165, 1.54) is 14.2 Å². The average Bonchev–Trinajstić information content (AvgIpc) is 2.38. The second-order valence-corrected chi connectivity index (χ2v) is 3.77. The van der Waals surface area contributed by atoms with Crippen LogP contribution >= 0.6 is 0 Å². The fourth-order valence-corrected chi connectivity index (χ4v) is 1.42. The Bertz CT molecular complexity index is 453. The highest BCUT2D eigenvalue weighted by atomic mass is 16.6. The van der Waals surface area contributed by atoms with Crippen LogP contribution < -0.4 is 4.74 Å². The van der Waals surface area contributed by atoms with E-state index in [1.807, 2.05) is 6.92 Å². The summed E-state index contributed by atoms with van der Waals surface area (Å²) in [4.78, 5) is 22.9. The summed E-state index contributed by atoms with van der Waals surface area (Å²) in [6.45, 7) is 3.40. The highest BCUT2D eigenvalue weighted by molar-refractivity contribution is 5.92. The molecule has 1 atom stereocenters. The van der Waals surface area contributed by atoms with Gasteiger partial charge in [-0.25, -0.2) is 9.59 Å². The van der Waals surface area contributed by atoms with Gasteiger partial charge in [-0.1, -0.05) is 11.6 Å². The Morgan fingerprint density at radius 1 is 1.17 bits per heavy atom. The number of carbonyl (C=O) groups excluding carboxylic acids is 2. The van der Waals surface area contributed by atoms with Crippen LogP contribution in [0, 0.1) is 6.92 Å². The molecule has 0 saturated carbocycles. The molecule has 18 heavy (non-hydrogen) atoms. The van der Waals surface area contributed by atoms with Gasteiger partial charge in [-0.15, -0.1) is 0 Å². The van der Waals surface area contributed by atoms with Gasteiger partial charge >= 0.3 is 11.9 Å². The molecule has 1 aromatic carbocycles. The molecule has 5 heteroatoms. The molecule has 98 valence electrons. The molecule has 0 spiro atoms. The minimum atomic E-state index is -0.791. The third kappa shape index (κ3) is 3.23. The van der Waals surface area contributed by atoms with Crippen molar-refractivity contribution in [2.75, 3.05) is 14.2 Å². The maximum atomic E-state index is 11.6. The predicted octanol–water partition coefficient (Wildman–Crippen LogP) is 1.72. The smallest absolute Gasteiger partial charge is 0.346 e. The third-order valence-electron chi connectivity index (χ3n) is 2.38. The first kappa shape index (κ1) is 14.0. The summed E-state index contributed by atoms with van der Waals surface area (Å²) >= 11 is 0. The van der Waals surface area contributed by atoms with E-state index in [-0.39, 0.29) is 5.56 Å². The highest BCUT2D eigenvalue weighted by Crippen LogP contribution is 2.22. The van der Waals surface area contributed by atoms with Gasteiger partial charge in [0.1, 0.15) is 11.3 Å². The van der Waals surface area contributed by atoms with Crippen LogP contribution in [0.2, 0.25) is 0 Å². The van der Waals surface area contributed by atoms with Gasteiger partial charge in [0.05, 0.1) is 14.2 Å². The average molecular weight is 252 g/mol. The molecule has 1 aromatic rings. The molecule has 0 amide bonds. The number of esters is 2. The third-order valence-corrected chi connectivity index (χ3v) is 2.38. The summed E-state index contributed by atoms with van der Waals surface area (Å²) in [7, 11) is 2.57. The summed E-state index contributed by atoms with van der Waals surface area (Å²) in [6.07, 6.45) is -0.791. The lowest BCUT2D eigenvalue weighted by Crippen LogP contribution is -2.25. The lowest BCUT2D eigenvalue weighted by Gasteiger charge is -2.15. The standard InChI is InChI=1S/C13H16O5/c1-8-5-6-11(10(7-8)13(15)17-4)18-9(2)12(14)16-3/h5-7,9H,1-4H3. The van der Waals surface area contributed by atoms with E-state index in [1.54, 1.807) is 25.1 Å².